The first-order valence-electron chi connectivity index (χ1n) is 9.55. The maximum atomic E-state index is 12.9. The van der Waals surface area contributed by atoms with Gasteiger partial charge >= 0.3 is 0 Å². The molecule has 0 aliphatic carbocycles. The van der Waals surface area contributed by atoms with E-state index < -0.39 is 0 Å². The summed E-state index contributed by atoms with van der Waals surface area (Å²) < 4.78 is 2.00. The average Bonchev–Trinajstić information content (AvgIpc) is 3.35. The van der Waals surface area contributed by atoms with Crippen molar-refractivity contribution in [2.45, 2.75) is 19.4 Å². The maximum Gasteiger partial charge on any atom is 0.228 e. The number of carbonyl (C=O) groups excluding carboxylic acids is 1. The molecule has 6 heteroatoms. The molecule has 0 unspecified atom stereocenters. The van der Waals surface area contributed by atoms with Crippen LogP contribution in [-0.2, 0) is 11.2 Å². The van der Waals surface area contributed by atoms with E-state index in [1.54, 1.807) is 11.3 Å². The molecule has 1 aromatic carbocycles. The fourth-order valence-electron chi connectivity index (χ4n) is 4.98. The van der Waals surface area contributed by atoms with Crippen molar-refractivity contribution in [2.75, 3.05) is 26.7 Å². The lowest BCUT2D eigenvalue weighted by molar-refractivity contribution is -0.129. The fourth-order valence-corrected chi connectivity index (χ4v) is 5.69. The first kappa shape index (κ1) is 17.0. The van der Waals surface area contributed by atoms with Crippen molar-refractivity contribution in [2.24, 2.45) is 11.8 Å². The molecule has 0 saturated carbocycles. The van der Waals surface area contributed by atoms with Crippen molar-refractivity contribution >= 4 is 22.2 Å². The maximum absolute atomic E-state index is 12.9. The van der Waals surface area contributed by atoms with Gasteiger partial charge in [0.25, 0.3) is 0 Å². The molecule has 140 valence electrons. The summed E-state index contributed by atoms with van der Waals surface area (Å²) >= 11 is 1.60. The molecule has 2 aromatic heterocycles. The largest absolute Gasteiger partial charge is 0.342 e. The van der Waals surface area contributed by atoms with Crippen LogP contribution in [0.3, 0.4) is 0 Å². The SMILES string of the molecule is Cc1ccccc1[C@@H]1[C@@H]2CN(C(=O)Cc3cn4ccsc4n3)C[C@@H]2CN1C. The number of carbonyl (C=O) groups is 1. The molecule has 0 radical (unpaired) electrons. The van der Waals surface area contributed by atoms with Crippen LogP contribution in [0.4, 0.5) is 0 Å². The number of imidazole rings is 1. The standard InChI is InChI=1S/C21H24N4OS/c1-14-5-3-4-6-17(14)20-18-13-25(11-15(18)10-23(20)2)19(26)9-16-12-24-7-8-27-21(24)22-16/h3-8,12,15,18,20H,9-11,13H2,1-2H3/t15-,18+,20+/m0/s1. The van der Waals surface area contributed by atoms with Crippen LogP contribution >= 0.6 is 11.3 Å². The highest BCUT2D eigenvalue weighted by molar-refractivity contribution is 7.15. The van der Waals surface area contributed by atoms with Crippen LogP contribution in [0.15, 0.2) is 42.0 Å². The lowest BCUT2D eigenvalue weighted by Gasteiger charge is -2.28. The summed E-state index contributed by atoms with van der Waals surface area (Å²) in [5, 5.41) is 2.01. The second-order valence-corrected chi connectivity index (χ2v) is 8.84. The van der Waals surface area contributed by atoms with Gasteiger partial charge in [0.15, 0.2) is 4.96 Å². The lowest BCUT2D eigenvalue weighted by Crippen LogP contribution is -2.34. The van der Waals surface area contributed by atoms with Gasteiger partial charge < -0.3 is 4.90 Å². The predicted molar refractivity (Wildman–Crippen MR) is 107 cm³/mol. The molecule has 2 fully saturated rings. The Hall–Kier alpha value is -2.18. The van der Waals surface area contributed by atoms with Gasteiger partial charge in [-0.3, -0.25) is 14.1 Å². The third-order valence-corrected chi connectivity index (χ3v) is 7.00. The van der Waals surface area contributed by atoms with E-state index in [-0.39, 0.29) is 5.91 Å². The van der Waals surface area contributed by atoms with Crippen LogP contribution in [0.5, 0.6) is 0 Å². The summed E-state index contributed by atoms with van der Waals surface area (Å²) in [4.78, 5) is 23.0. The summed E-state index contributed by atoms with van der Waals surface area (Å²) in [7, 11) is 2.22. The highest BCUT2D eigenvalue weighted by Gasteiger charge is 2.47. The molecule has 1 amide bonds. The number of hydrogen-bond donors (Lipinski definition) is 0. The number of fused-ring (bicyclic) bond motifs is 2. The Labute approximate surface area is 163 Å². The highest BCUT2D eigenvalue weighted by atomic mass is 32.1. The molecule has 0 N–H and O–H groups in total. The molecule has 0 bridgehead atoms. The van der Waals surface area contributed by atoms with Gasteiger partial charge in [0.2, 0.25) is 5.91 Å². The Bertz CT molecular complexity index is 964. The second kappa shape index (κ2) is 6.46. The Morgan fingerprint density at radius 1 is 1.26 bits per heavy atom. The summed E-state index contributed by atoms with van der Waals surface area (Å²) in [6.07, 6.45) is 4.37. The van der Waals surface area contributed by atoms with Gasteiger partial charge in [-0.2, -0.15) is 0 Å². The molecule has 27 heavy (non-hydrogen) atoms. The Morgan fingerprint density at radius 2 is 2.11 bits per heavy atom. The monoisotopic (exact) mass is 380 g/mol. The van der Waals surface area contributed by atoms with Gasteiger partial charge in [-0.15, -0.1) is 11.3 Å². The molecular weight excluding hydrogens is 356 g/mol. The smallest absolute Gasteiger partial charge is 0.228 e. The number of likely N-dealkylation sites (tertiary alicyclic amines) is 2. The van der Waals surface area contributed by atoms with E-state index in [2.05, 4.69) is 53.0 Å². The average molecular weight is 381 g/mol. The molecule has 3 aromatic rings. The normalized spacial score (nSPS) is 25.4. The molecule has 3 atom stereocenters. The molecule has 2 saturated heterocycles. The van der Waals surface area contributed by atoms with E-state index in [9.17, 15) is 4.79 Å². The van der Waals surface area contributed by atoms with E-state index >= 15 is 0 Å². The van der Waals surface area contributed by atoms with Crippen LogP contribution in [0.25, 0.3) is 4.96 Å². The van der Waals surface area contributed by atoms with E-state index in [0.717, 1.165) is 30.3 Å². The predicted octanol–water partition coefficient (Wildman–Crippen LogP) is 3.01. The molecule has 0 spiro atoms. The first-order valence-corrected chi connectivity index (χ1v) is 10.4. The first-order chi connectivity index (χ1) is 13.1. The van der Waals surface area contributed by atoms with Crippen LogP contribution in [0, 0.1) is 18.8 Å². The van der Waals surface area contributed by atoms with Gasteiger partial charge in [-0.05, 0) is 31.0 Å². The molecule has 2 aliphatic rings. The van der Waals surface area contributed by atoms with Gasteiger partial charge in [-0.25, -0.2) is 4.98 Å². The number of benzene rings is 1. The summed E-state index contributed by atoms with van der Waals surface area (Å²) in [5.41, 5.74) is 3.63. The van der Waals surface area contributed by atoms with E-state index in [4.69, 9.17) is 0 Å². The summed E-state index contributed by atoms with van der Waals surface area (Å²) in [5.74, 6) is 1.29. The quantitative estimate of drug-likeness (QED) is 0.701. The van der Waals surface area contributed by atoms with Crippen LogP contribution in [0.1, 0.15) is 22.9 Å². The molecular formula is C21H24N4OS. The Balaban J connectivity index is 1.32. The summed E-state index contributed by atoms with van der Waals surface area (Å²) in [6.45, 7) is 4.99. The van der Waals surface area contributed by atoms with Crippen molar-refractivity contribution in [3.05, 3.63) is 58.9 Å². The zero-order valence-corrected chi connectivity index (χ0v) is 16.5. The number of nitrogens with zero attached hydrogens (tertiary/aromatic N) is 4. The third kappa shape index (κ3) is 2.87. The number of amides is 1. The van der Waals surface area contributed by atoms with Gasteiger partial charge in [0, 0.05) is 49.4 Å². The summed E-state index contributed by atoms with van der Waals surface area (Å²) in [6, 6.07) is 9.09. The van der Waals surface area contributed by atoms with Crippen LogP contribution in [0.2, 0.25) is 0 Å². The van der Waals surface area contributed by atoms with E-state index in [1.165, 1.54) is 11.1 Å². The number of aromatic nitrogens is 2. The molecule has 5 nitrogen and oxygen atoms in total. The minimum Gasteiger partial charge on any atom is -0.342 e. The minimum absolute atomic E-state index is 0.210. The topological polar surface area (TPSA) is 40.9 Å². The number of hydrogen-bond acceptors (Lipinski definition) is 4. The van der Waals surface area contributed by atoms with Crippen molar-refractivity contribution < 1.29 is 4.79 Å². The zero-order chi connectivity index (χ0) is 18.5. The number of aryl methyl sites for hydroxylation is 1. The fraction of sp³-hybridized carbons (Fsp3) is 0.429. The van der Waals surface area contributed by atoms with Crippen LogP contribution in [-0.4, -0.2) is 51.8 Å². The van der Waals surface area contributed by atoms with Crippen molar-refractivity contribution in [1.82, 2.24) is 19.2 Å². The molecule has 5 rings (SSSR count). The Kier molecular flexibility index (Phi) is 4.06. The van der Waals surface area contributed by atoms with Crippen LogP contribution < -0.4 is 0 Å². The molecule has 4 heterocycles. The van der Waals surface area contributed by atoms with E-state index in [1.807, 2.05) is 22.2 Å². The second-order valence-electron chi connectivity index (χ2n) is 7.97. The number of rotatable bonds is 3. The van der Waals surface area contributed by atoms with Crippen molar-refractivity contribution in [3.63, 3.8) is 0 Å². The van der Waals surface area contributed by atoms with E-state index in [0.29, 0.717) is 24.3 Å². The van der Waals surface area contributed by atoms with Gasteiger partial charge in [0.1, 0.15) is 0 Å². The number of thiazole rings is 1. The molecule has 2 aliphatic heterocycles. The third-order valence-electron chi connectivity index (χ3n) is 6.23. The van der Waals surface area contributed by atoms with Crippen molar-refractivity contribution in [3.8, 4) is 0 Å². The zero-order valence-electron chi connectivity index (χ0n) is 15.7. The minimum atomic E-state index is 0.210. The van der Waals surface area contributed by atoms with Gasteiger partial charge in [-0.1, -0.05) is 24.3 Å². The van der Waals surface area contributed by atoms with Crippen molar-refractivity contribution in [1.29, 1.82) is 0 Å². The Morgan fingerprint density at radius 3 is 2.93 bits per heavy atom. The highest BCUT2D eigenvalue weighted by Crippen LogP contribution is 2.44. The van der Waals surface area contributed by atoms with Gasteiger partial charge in [0.05, 0.1) is 12.1 Å². The lowest BCUT2D eigenvalue weighted by atomic mass is 9.88.